The number of furan rings is 1. The summed E-state index contributed by atoms with van der Waals surface area (Å²) >= 11 is 0. The Balaban J connectivity index is 1.87. The molecule has 21 heavy (non-hydrogen) atoms. The molecule has 0 aliphatic carbocycles. The molecule has 0 saturated carbocycles. The van der Waals surface area contributed by atoms with E-state index in [4.69, 9.17) is 14.1 Å². The number of hydrogen-bond donors (Lipinski definition) is 1. The van der Waals surface area contributed by atoms with Crippen molar-refractivity contribution in [3.05, 3.63) is 60.0 Å². The van der Waals surface area contributed by atoms with Gasteiger partial charge >= 0.3 is 0 Å². The van der Waals surface area contributed by atoms with Crippen LogP contribution in [0.5, 0.6) is 0 Å². The summed E-state index contributed by atoms with van der Waals surface area (Å²) in [7, 11) is 0. The van der Waals surface area contributed by atoms with Crippen LogP contribution in [0.15, 0.2) is 57.6 Å². The molecule has 0 radical (unpaired) electrons. The molecular weight excluding hydrogens is 266 g/mol. The first-order valence-electron chi connectivity index (χ1n) is 6.54. The average Bonchev–Trinajstić information content (AvgIpc) is 3.17. The van der Waals surface area contributed by atoms with E-state index in [0.717, 1.165) is 5.56 Å². The zero-order valence-electron chi connectivity index (χ0n) is 11.4. The fourth-order valence-electron chi connectivity index (χ4n) is 2.02. The molecule has 0 aliphatic heterocycles. The Kier molecular flexibility index (Phi) is 3.44. The molecule has 3 rings (SSSR count). The van der Waals surface area contributed by atoms with Crippen molar-refractivity contribution in [2.24, 2.45) is 0 Å². The van der Waals surface area contributed by atoms with Crippen molar-refractivity contribution in [2.75, 3.05) is 5.32 Å². The molecule has 1 N–H and O–H groups in total. The zero-order chi connectivity index (χ0) is 14.7. The molecule has 3 aromatic rings. The van der Waals surface area contributed by atoms with Gasteiger partial charge in [-0.05, 0) is 24.6 Å². The Morgan fingerprint density at radius 1 is 1.19 bits per heavy atom. The fraction of sp³-hybridized carbons (Fsp3) is 0.125. The highest BCUT2D eigenvalue weighted by Crippen LogP contribution is 2.28. The highest BCUT2D eigenvalue weighted by molar-refractivity contribution is 5.54. The summed E-state index contributed by atoms with van der Waals surface area (Å²) in [5.74, 6) is 1.13. The van der Waals surface area contributed by atoms with Crippen molar-refractivity contribution < 1.29 is 8.83 Å². The summed E-state index contributed by atoms with van der Waals surface area (Å²) in [4.78, 5) is 4.13. The molecule has 2 aromatic heterocycles. The maximum atomic E-state index is 9.17. The van der Waals surface area contributed by atoms with Gasteiger partial charge in [0, 0.05) is 0 Å². The van der Waals surface area contributed by atoms with Gasteiger partial charge in [-0.15, -0.1) is 0 Å². The third-order valence-corrected chi connectivity index (χ3v) is 3.11. The number of nitrogens with zero attached hydrogens (tertiary/aromatic N) is 2. The van der Waals surface area contributed by atoms with E-state index < -0.39 is 0 Å². The van der Waals surface area contributed by atoms with Crippen LogP contribution in [0.2, 0.25) is 0 Å². The van der Waals surface area contributed by atoms with Crippen LogP contribution in [0, 0.1) is 11.3 Å². The number of oxazole rings is 1. The van der Waals surface area contributed by atoms with Gasteiger partial charge in [0.25, 0.3) is 5.89 Å². The topological polar surface area (TPSA) is 75.0 Å². The molecule has 0 aliphatic rings. The Morgan fingerprint density at radius 3 is 2.67 bits per heavy atom. The monoisotopic (exact) mass is 279 g/mol. The summed E-state index contributed by atoms with van der Waals surface area (Å²) in [5.41, 5.74) is 1.31. The molecule has 0 fully saturated rings. The highest BCUT2D eigenvalue weighted by atomic mass is 16.4. The summed E-state index contributed by atoms with van der Waals surface area (Å²) < 4.78 is 10.8. The number of aromatic nitrogens is 1. The Morgan fingerprint density at radius 2 is 2.00 bits per heavy atom. The number of nitriles is 1. The summed E-state index contributed by atoms with van der Waals surface area (Å²) in [6.07, 6.45) is 1.53. The maximum Gasteiger partial charge on any atom is 0.266 e. The van der Waals surface area contributed by atoms with Crippen molar-refractivity contribution in [1.82, 2.24) is 4.98 Å². The van der Waals surface area contributed by atoms with E-state index in [9.17, 15) is 0 Å². The second-order valence-corrected chi connectivity index (χ2v) is 4.56. The second kappa shape index (κ2) is 5.55. The second-order valence-electron chi connectivity index (χ2n) is 4.56. The Labute approximate surface area is 121 Å². The van der Waals surface area contributed by atoms with Gasteiger partial charge in [-0.3, -0.25) is 0 Å². The van der Waals surface area contributed by atoms with E-state index in [1.807, 2.05) is 43.3 Å². The number of hydrogen-bond acceptors (Lipinski definition) is 5. The molecular formula is C16H13N3O2. The van der Waals surface area contributed by atoms with Gasteiger partial charge in [0.1, 0.15) is 6.07 Å². The molecule has 0 amide bonds. The molecule has 0 unspecified atom stereocenters. The maximum absolute atomic E-state index is 9.17. The van der Waals surface area contributed by atoms with Gasteiger partial charge < -0.3 is 14.2 Å². The number of anilines is 1. The minimum atomic E-state index is -0.00398. The lowest BCUT2D eigenvalue weighted by molar-refractivity contribution is 0.520. The van der Waals surface area contributed by atoms with Gasteiger partial charge in [-0.2, -0.15) is 10.2 Å². The van der Waals surface area contributed by atoms with E-state index in [1.54, 1.807) is 12.1 Å². The minimum Gasteiger partial charge on any atom is -0.459 e. The third kappa shape index (κ3) is 2.65. The molecule has 0 spiro atoms. The molecule has 0 saturated heterocycles. The van der Waals surface area contributed by atoms with Crippen LogP contribution in [0.1, 0.15) is 24.2 Å². The van der Waals surface area contributed by atoms with Gasteiger partial charge in [-0.25, -0.2) is 0 Å². The predicted octanol–water partition coefficient (Wildman–Crippen LogP) is 3.98. The van der Waals surface area contributed by atoms with Gasteiger partial charge in [0.2, 0.25) is 11.6 Å². The van der Waals surface area contributed by atoms with Crippen LogP contribution in [-0.2, 0) is 0 Å². The molecule has 5 nitrogen and oxygen atoms in total. The lowest BCUT2D eigenvalue weighted by Gasteiger charge is -2.12. The summed E-state index contributed by atoms with van der Waals surface area (Å²) in [5, 5.41) is 12.3. The van der Waals surface area contributed by atoms with Gasteiger partial charge in [0.15, 0.2) is 5.76 Å². The standard InChI is InChI=1S/C16H13N3O2/c1-11(12-6-3-2-4-7-12)18-15-13(10-17)19-16(21-15)14-8-5-9-20-14/h2-9,11,18H,1H3/t11-/m1/s1. The number of nitrogens with one attached hydrogen (secondary N) is 1. The molecule has 1 atom stereocenters. The fourth-order valence-corrected chi connectivity index (χ4v) is 2.02. The lowest BCUT2D eigenvalue weighted by atomic mass is 10.1. The molecule has 104 valence electrons. The SMILES string of the molecule is C[C@@H](Nc1oc(-c2ccco2)nc1C#N)c1ccccc1. The first kappa shape index (κ1) is 13.0. The first-order valence-corrected chi connectivity index (χ1v) is 6.54. The van der Waals surface area contributed by atoms with Crippen molar-refractivity contribution in [3.8, 4) is 17.7 Å². The van der Waals surface area contributed by atoms with E-state index in [-0.39, 0.29) is 11.7 Å². The number of rotatable bonds is 4. The van der Waals surface area contributed by atoms with Crippen molar-refractivity contribution in [3.63, 3.8) is 0 Å². The number of benzene rings is 1. The minimum absolute atomic E-state index is 0.00398. The molecule has 2 heterocycles. The van der Waals surface area contributed by atoms with Crippen molar-refractivity contribution >= 4 is 5.88 Å². The van der Waals surface area contributed by atoms with Crippen molar-refractivity contribution in [1.29, 1.82) is 5.26 Å². The van der Waals surface area contributed by atoms with Crippen LogP contribution in [0.25, 0.3) is 11.7 Å². The predicted molar refractivity (Wildman–Crippen MR) is 77.4 cm³/mol. The highest BCUT2D eigenvalue weighted by Gasteiger charge is 2.18. The molecule has 0 bridgehead atoms. The lowest BCUT2D eigenvalue weighted by Crippen LogP contribution is -2.06. The average molecular weight is 279 g/mol. The Hall–Kier alpha value is -3.00. The quantitative estimate of drug-likeness (QED) is 0.781. The Bertz CT molecular complexity index is 755. The van der Waals surface area contributed by atoms with Crippen LogP contribution in [-0.4, -0.2) is 4.98 Å². The zero-order valence-corrected chi connectivity index (χ0v) is 11.4. The van der Waals surface area contributed by atoms with E-state index in [2.05, 4.69) is 10.3 Å². The largest absolute Gasteiger partial charge is 0.459 e. The molecule has 5 heteroatoms. The van der Waals surface area contributed by atoms with Crippen LogP contribution in [0.3, 0.4) is 0 Å². The van der Waals surface area contributed by atoms with Gasteiger partial charge in [-0.1, -0.05) is 30.3 Å². The first-order chi connectivity index (χ1) is 10.3. The van der Waals surface area contributed by atoms with E-state index in [1.165, 1.54) is 6.26 Å². The van der Waals surface area contributed by atoms with Crippen LogP contribution < -0.4 is 5.32 Å². The van der Waals surface area contributed by atoms with E-state index >= 15 is 0 Å². The van der Waals surface area contributed by atoms with Crippen molar-refractivity contribution in [2.45, 2.75) is 13.0 Å². The third-order valence-electron chi connectivity index (χ3n) is 3.11. The summed E-state index contributed by atoms with van der Waals surface area (Å²) in [6, 6.07) is 15.4. The summed E-state index contributed by atoms with van der Waals surface area (Å²) in [6.45, 7) is 1.99. The smallest absolute Gasteiger partial charge is 0.266 e. The van der Waals surface area contributed by atoms with E-state index in [0.29, 0.717) is 17.5 Å². The molecule has 1 aromatic carbocycles. The van der Waals surface area contributed by atoms with Crippen LogP contribution in [0.4, 0.5) is 5.88 Å². The normalized spacial score (nSPS) is 11.8. The van der Waals surface area contributed by atoms with Crippen LogP contribution >= 0.6 is 0 Å². The van der Waals surface area contributed by atoms with Gasteiger partial charge in [0.05, 0.1) is 12.3 Å².